The Morgan fingerprint density at radius 1 is 0.871 bits per heavy atom. The molecule has 0 aliphatic carbocycles. The van der Waals surface area contributed by atoms with Crippen LogP contribution in [0.2, 0.25) is 0 Å². The lowest BCUT2D eigenvalue weighted by atomic mass is 10.1. The first kappa shape index (κ1) is 20.4. The molecule has 0 aliphatic rings. The van der Waals surface area contributed by atoms with Crippen molar-refractivity contribution < 1.29 is 13.9 Å². The fourth-order valence-corrected chi connectivity index (χ4v) is 3.26. The molecule has 0 fully saturated rings. The van der Waals surface area contributed by atoms with Crippen molar-refractivity contribution in [1.82, 2.24) is 5.32 Å². The minimum Gasteiger partial charge on any atom is -0.461 e. The predicted molar refractivity (Wildman–Crippen MR) is 126 cm³/mol. The molecule has 1 aromatic heterocycles. The van der Waals surface area contributed by atoms with Crippen LogP contribution in [0.3, 0.4) is 0 Å². The first-order valence-electron chi connectivity index (χ1n) is 9.69. The van der Waals surface area contributed by atoms with Crippen LogP contribution in [-0.4, -0.2) is 11.0 Å². The van der Waals surface area contributed by atoms with Crippen LogP contribution in [0.1, 0.15) is 16.1 Å². The minimum atomic E-state index is -0.336. The highest BCUT2D eigenvalue weighted by atomic mass is 32.1. The zero-order valence-electron chi connectivity index (χ0n) is 16.8. The summed E-state index contributed by atoms with van der Waals surface area (Å²) < 4.78 is 11.6. The fourth-order valence-electron chi connectivity index (χ4n) is 3.05. The topological polar surface area (TPSA) is 63.5 Å². The number of carbonyl (C=O) groups excluding carboxylic acids is 1. The van der Waals surface area contributed by atoms with Crippen LogP contribution in [-0.2, 0) is 0 Å². The van der Waals surface area contributed by atoms with Gasteiger partial charge in [-0.2, -0.15) is 0 Å². The number of hydrogen-bond donors (Lipinski definition) is 2. The van der Waals surface area contributed by atoms with E-state index < -0.39 is 0 Å². The van der Waals surface area contributed by atoms with Crippen LogP contribution in [0.15, 0.2) is 95.4 Å². The van der Waals surface area contributed by atoms with Crippen LogP contribution in [0.25, 0.3) is 11.3 Å². The van der Waals surface area contributed by atoms with Crippen LogP contribution < -0.4 is 15.4 Å². The van der Waals surface area contributed by atoms with Gasteiger partial charge >= 0.3 is 0 Å². The fraction of sp³-hybridized carbons (Fsp3) is 0.0400. The van der Waals surface area contributed by atoms with Gasteiger partial charge in [0.2, 0.25) is 0 Å². The van der Waals surface area contributed by atoms with E-state index in [4.69, 9.17) is 21.4 Å². The van der Waals surface area contributed by atoms with Crippen molar-refractivity contribution in [1.29, 1.82) is 0 Å². The molecule has 0 radical (unpaired) electrons. The van der Waals surface area contributed by atoms with Crippen LogP contribution in [0, 0.1) is 6.92 Å². The SMILES string of the molecule is Cc1oc(-c2ccccc2)cc1C(=O)NC(=S)Nc1cccc(Oc2ccccc2)c1. The lowest BCUT2D eigenvalue weighted by molar-refractivity contribution is 0.0976. The molecule has 0 atom stereocenters. The first-order chi connectivity index (χ1) is 15.1. The summed E-state index contributed by atoms with van der Waals surface area (Å²) in [6, 6.07) is 28.2. The molecule has 6 heteroatoms. The van der Waals surface area contributed by atoms with Crippen LogP contribution in [0.4, 0.5) is 5.69 Å². The molecular weight excluding hydrogens is 408 g/mol. The summed E-state index contributed by atoms with van der Waals surface area (Å²) in [6.07, 6.45) is 0. The number of para-hydroxylation sites is 1. The van der Waals surface area contributed by atoms with Gasteiger partial charge in [0.05, 0.1) is 5.56 Å². The Kier molecular flexibility index (Phi) is 6.10. The standard InChI is InChI=1S/C25H20N2O3S/c1-17-22(16-23(29-17)18-9-4-2-5-10-18)24(28)27-25(31)26-19-11-8-14-21(15-19)30-20-12-6-3-7-13-20/h2-16H,1H3,(H2,26,27,28,31). The highest BCUT2D eigenvalue weighted by Crippen LogP contribution is 2.26. The third-order valence-corrected chi connectivity index (χ3v) is 4.72. The van der Waals surface area contributed by atoms with Gasteiger partial charge in [-0.05, 0) is 49.5 Å². The Hall–Kier alpha value is -3.90. The van der Waals surface area contributed by atoms with Crippen molar-refractivity contribution in [3.8, 4) is 22.8 Å². The third-order valence-electron chi connectivity index (χ3n) is 4.52. The van der Waals surface area contributed by atoms with Gasteiger partial charge in [-0.15, -0.1) is 0 Å². The molecule has 3 aromatic carbocycles. The number of aryl methyl sites for hydroxylation is 1. The van der Waals surface area contributed by atoms with Crippen molar-refractivity contribution >= 4 is 28.9 Å². The van der Waals surface area contributed by atoms with Gasteiger partial charge in [-0.1, -0.05) is 54.6 Å². The van der Waals surface area contributed by atoms with E-state index in [0.717, 1.165) is 11.3 Å². The molecule has 5 nitrogen and oxygen atoms in total. The predicted octanol–water partition coefficient (Wildman–Crippen LogP) is 6.17. The van der Waals surface area contributed by atoms with Crippen LogP contribution in [0.5, 0.6) is 11.5 Å². The molecule has 0 spiro atoms. The lowest BCUT2D eigenvalue weighted by Gasteiger charge is -2.11. The number of benzene rings is 3. The summed E-state index contributed by atoms with van der Waals surface area (Å²) >= 11 is 5.31. The van der Waals surface area contributed by atoms with E-state index in [1.165, 1.54) is 0 Å². The number of carbonyl (C=O) groups is 1. The van der Waals surface area contributed by atoms with E-state index in [9.17, 15) is 4.79 Å². The van der Waals surface area contributed by atoms with Crippen molar-refractivity contribution in [2.45, 2.75) is 6.92 Å². The number of anilines is 1. The van der Waals surface area contributed by atoms with E-state index in [1.807, 2.05) is 84.9 Å². The molecule has 0 saturated heterocycles. The van der Waals surface area contributed by atoms with E-state index in [1.54, 1.807) is 13.0 Å². The number of rotatable bonds is 5. The summed E-state index contributed by atoms with van der Waals surface area (Å²) in [5.41, 5.74) is 2.04. The molecule has 4 aromatic rings. The highest BCUT2D eigenvalue weighted by Gasteiger charge is 2.17. The summed E-state index contributed by atoms with van der Waals surface area (Å²) in [5, 5.41) is 5.90. The van der Waals surface area contributed by atoms with E-state index >= 15 is 0 Å². The molecule has 0 saturated carbocycles. The summed E-state index contributed by atoms with van der Waals surface area (Å²) in [4.78, 5) is 12.7. The molecule has 1 heterocycles. The van der Waals surface area contributed by atoms with Crippen molar-refractivity contribution in [2.75, 3.05) is 5.32 Å². The number of hydrogen-bond acceptors (Lipinski definition) is 4. The summed E-state index contributed by atoms with van der Waals surface area (Å²) in [7, 11) is 0. The maximum absolute atomic E-state index is 12.7. The first-order valence-corrected chi connectivity index (χ1v) is 10.1. The third kappa shape index (κ3) is 5.18. The van der Waals surface area contributed by atoms with Gasteiger partial charge in [-0.3, -0.25) is 10.1 Å². The molecular formula is C25H20N2O3S. The number of amides is 1. The lowest BCUT2D eigenvalue weighted by Crippen LogP contribution is -2.34. The van der Waals surface area contributed by atoms with Crippen molar-refractivity contribution in [2.24, 2.45) is 0 Å². The second-order valence-electron chi connectivity index (χ2n) is 6.80. The number of furan rings is 1. The zero-order valence-corrected chi connectivity index (χ0v) is 17.6. The zero-order chi connectivity index (χ0) is 21.6. The second kappa shape index (κ2) is 9.28. The van der Waals surface area contributed by atoms with Crippen LogP contribution >= 0.6 is 12.2 Å². The molecule has 0 unspecified atom stereocenters. The molecule has 154 valence electrons. The highest BCUT2D eigenvalue weighted by molar-refractivity contribution is 7.80. The van der Waals surface area contributed by atoms with Gasteiger partial charge < -0.3 is 14.5 Å². The largest absolute Gasteiger partial charge is 0.461 e. The van der Waals surface area contributed by atoms with Gasteiger partial charge in [-0.25, -0.2) is 0 Å². The molecule has 1 amide bonds. The average Bonchev–Trinajstić information content (AvgIpc) is 3.17. The number of nitrogens with one attached hydrogen (secondary N) is 2. The average molecular weight is 429 g/mol. The van der Waals surface area contributed by atoms with E-state index in [2.05, 4.69) is 10.6 Å². The van der Waals surface area contributed by atoms with Gasteiger partial charge in [0.25, 0.3) is 5.91 Å². The number of thiocarbonyl (C=S) groups is 1. The normalized spacial score (nSPS) is 10.4. The Morgan fingerprint density at radius 2 is 1.55 bits per heavy atom. The Labute approximate surface area is 185 Å². The molecule has 0 aliphatic heterocycles. The maximum Gasteiger partial charge on any atom is 0.260 e. The van der Waals surface area contributed by atoms with E-state index in [0.29, 0.717) is 28.5 Å². The van der Waals surface area contributed by atoms with E-state index in [-0.39, 0.29) is 11.0 Å². The van der Waals surface area contributed by atoms with Gasteiger partial charge in [0, 0.05) is 17.3 Å². The van der Waals surface area contributed by atoms with Gasteiger partial charge in [0.1, 0.15) is 23.0 Å². The Morgan fingerprint density at radius 3 is 2.29 bits per heavy atom. The molecule has 31 heavy (non-hydrogen) atoms. The smallest absolute Gasteiger partial charge is 0.260 e. The minimum absolute atomic E-state index is 0.184. The monoisotopic (exact) mass is 428 g/mol. The maximum atomic E-state index is 12.7. The van der Waals surface area contributed by atoms with Gasteiger partial charge in [0.15, 0.2) is 5.11 Å². The quantitative estimate of drug-likeness (QED) is 0.372. The summed E-state index contributed by atoms with van der Waals surface area (Å²) in [6.45, 7) is 1.75. The molecule has 2 N–H and O–H groups in total. The number of ether oxygens (including phenoxy) is 1. The van der Waals surface area contributed by atoms with Crippen molar-refractivity contribution in [3.63, 3.8) is 0 Å². The molecule has 4 rings (SSSR count). The Bertz CT molecular complexity index is 1200. The second-order valence-corrected chi connectivity index (χ2v) is 7.21. The summed E-state index contributed by atoms with van der Waals surface area (Å²) in [5.74, 6) is 2.21. The molecule has 0 bridgehead atoms. The Balaban J connectivity index is 1.41. The van der Waals surface area contributed by atoms with Crippen molar-refractivity contribution in [3.05, 3.63) is 102 Å².